The van der Waals surface area contributed by atoms with Gasteiger partial charge in [-0.3, -0.25) is 24.2 Å². The number of benzene rings is 1. The zero-order valence-corrected chi connectivity index (χ0v) is 19.1. The highest BCUT2D eigenvalue weighted by Crippen LogP contribution is 2.37. The molecule has 0 spiro atoms. The average molecular weight is 468 g/mol. The number of para-hydroxylation sites is 1. The minimum atomic E-state index is -0.234. The normalized spacial score (nSPS) is 10.8. The third-order valence-electron chi connectivity index (χ3n) is 5.27. The van der Waals surface area contributed by atoms with Gasteiger partial charge in [0.2, 0.25) is 5.69 Å². The lowest BCUT2D eigenvalue weighted by Gasteiger charge is -2.15. The van der Waals surface area contributed by atoms with Gasteiger partial charge in [0.05, 0.1) is 30.6 Å². The van der Waals surface area contributed by atoms with Crippen molar-refractivity contribution >= 4 is 39.7 Å². The average Bonchev–Trinajstić information content (AvgIpc) is 3.41. The van der Waals surface area contributed by atoms with Gasteiger partial charge in [0, 0.05) is 26.4 Å². The van der Waals surface area contributed by atoms with Crippen molar-refractivity contribution in [1.82, 2.24) is 34.5 Å². The fourth-order valence-electron chi connectivity index (χ4n) is 3.68. The van der Waals surface area contributed by atoms with E-state index in [9.17, 15) is 4.79 Å². The molecule has 0 saturated carbocycles. The highest BCUT2D eigenvalue weighted by Gasteiger charge is 2.18. The Kier molecular flexibility index (Phi) is 5.34. The van der Waals surface area contributed by atoms with Gasteiger partial charge in [-0.1, -0.05) is 12.1 Å². The maximum absolute atomic E-state index is 12.9. The van der Waals surface area contributed by atoms with Crippen LogP contribution >= 0.6 is 0 Å². The summed E-state index contributed by atoms with van der Waals surface area (Å²) in [6, 6.07) is 10.6. The van der Waals surface area contributed by atoms with E-state index in [0.717, 1.165) is 0 Å². The van der Waals surface area contributed by atoms with Gasteiger partial charge in [0.1, 0.15) is 23.3 Å². The molecular weight excluding hydrogens is 448 g/mol. The van der Waals surface area contributed by atoms with Crippen molar-refractivity contribution in [2.45, 2.75) is 0 Å². The predicted molar refractivity (Wildman–Crippen MR) is 131 cm³/mol. The third-order valence-corrected chi connectivity index (χ3v) is 5.27. The number of H-pyrrole nitrogens is 1. The van der Waals surface area contributed by atoms with Crippen LogP contribution in [0, 0.1) is 6.57 Å². The summed E-state index contributed by atoms with van der Waals surface area (Å²) >= 11 is 0. The summed E-state index contributed by atoms with van der Waals surface area (Å²) in [7, 11) is 4.98. The zero-order valence-electron chi connectivity index (χ0n) is 19.1. The van der Waals surface area contributed by atoms with Crippen LogP contribution in [0.25, 0.3) is 27.3 Å². The third kappa shape index (κ3) is 4.02. The van der Waals surface area contributed by atoms with Crippen LogP contribution < -0.4 is 20.9 Å². The number of nitrogens with one attached hydrogen (secondary N) is 3. The van der Waals surface area contributed by atoms with Crippen molar-refractivity contribution in [2.24, 2.45) is 14.1 Å². The molecule has 0 fully saturated rings. The molecule has 5 rings (SSSR count). The predicted octanol–water partition coefficient (Wildman–Crippen LogP) is 3.50. The molecule has 4 heterocycles. The van der Waals surface area contributed by atoms with Crippen LogP contribution in [0.15, 0.2) is 53.7 Å². The molecule has 0 saturated heterocycles. The van der Waals surface area contributed by atoms with Crippen molar-refractivity contribution in [1.29, 1.82) is 0 Å². The number of fused-ring (bicyclic) bond motifs is 1. The van der Waals surface area contributed by atoms with Gasteiger partial charge < -0.3 is 15.4 Å². The Hall–Kier alpha value is -5.18. The molecule has 0 bridgehead atoms. The summed E-state index contributed by atoms with van der Waals surface area (Å²) in [6.45, 7) is 7.08. The first-order valence-electron chi connectivity index (χ1n) is 10.5. The molecule has 35 heavy (non-hydrogen) atoms. The van der Waals surface area contributed by atoms with Gasteiger partial charge in [-0.2, -0.15) is 5.10 Å². The standard InChI is InChI=1S/C23H20N10O2/c1-24-13-8-9-17(25-11-13)28-18-10-16(19-22(29-18)31-33(3)23(19)34)27-15-7-5-6-14(20(15)35-4)21-26-12-32(2)30-21/h5-12H,2-4H3,(H3,25,27,28,29,31). The number of aryl methyl sites for hydroxylation is 2. The van der Waals surface area contributed by atoms with Crippen LogP contribution in [-0.2, 0) is 14.1 Å². The van der Waals surface area contributed by atoms with Gasteiger partial charge in [-0.15, -0.1) is 0 Å². The molecule has 5 aromatic rings. The number of nitrogens with zero attached hydrogens (tertiary/aromatic N) is 7. The Morgan fingerprint density at radius 2 is 1.94 bits per heavy atom. The lowest BCUT2D eigenvalue weighted by atomic mass is 10.1. The monoisotopic (exact) mass is 468 g/mol. The molecule has 0 aliphatic heterocycles. The summed E-state index contributed by atoms with van der Waals surface area (Å²) in [5.74, 6) is 2.00. The first-order chi connectivity index (χ1) is 17.0. The number of aromatic amines is 1. The Morgan fingerprint density at radius 1 is 1.09 bits per heavy atom. The topological polar surface area (TPSA) is 132 Å². The van der Waals surface area contributed by atoms with E-state index in [1.807, 2.05) is 18.2 Å². The van der Waals surface area contributed by atoms with Crippen LogP contribution in [0.1, 0.15) is 0 Å². The van der Waals surface area contributed by atoms with E-state index in [0.29, 0.717) is 56.9 Å². The quantitative estimate of drug-likeness (QED) is 0.323. The lowest BCUT2D eigenvalue weighted by molar-refractivity contribution is 0.418. The smallest absolute Gasteiger partial charge is 0.277 e. The Labute approximate surface area is 199 Å². The van der Waals surface area contributed by atoms with E-state index in [1.54, 1.807) is 50.4 Å². The van der Waals surface area contributed by atoms with Crippen LogP contribution in [0.2, 0.25) is 0 Å². The van der Waals surface area contributed by atoms with Crippen molar-refractivity contribution < 1.29 is 4.74 Å². The van der Waals surface area contributed by atoms with E-state index in [2.05, 4.69) is 40.6 Å². The zero-order chi connectivity index (χ0) is 24.5. The molecule has 0 unspecified atom stereocenters. The number of rotatable bonds is 6. The van der Waals surface area contributed by atoms with Crippen LogP contribution in [0.3, 0.4) is 0 Å². The van der Waals surface area contributed by atoms with Crippen LogP contribution in [0.4, 0.5) is 28.7 Å². The van der Waals surface area contributed by atoms with E-state index in [-0.39, 0.29) is 5.56 Å². The molecule has 12 nitrogen and oxygen atoms in total. The number of anilines is 4. The second-order valence-electron chi connectivity index (χ2n) is 7.65. The summed E-state index contributed by atoms with van der Waals surface area (Å²) in [5.41, 5.74) is 2.43. The molecule has 174 valence electrons. The second-order valence-corrected chi connectivity index (χ2v) is 7.65. The molecule has 0 atom stereocenters. The number of pyridine rings is 2. The molecular formula is C23H20N10O2. The van der Waals surface area contributed by atoms with Crippen LogP contribution in [0.5, 0.6) is 5.75 Å². The van der Waals surface area contributed by atoms with Crippen LogP contribution in [-0.4, -0.2) is 41.6 Å². The van der Waals surface area contributed by atoms with Gasteiger partial charge in [0.15, 0.2) is 17.2 Å². The van der Waals surface area contributed by atoms with E-state index in [1.165, 1.54) is 10.9 Å². The Bertz CT molecular complexity index is 1640. The SMILES string of the molecule is [C-]#[N+]c1ccc(Nc2cc(Nc3cccc(-c4ncn(C)n4)c3OC)c3c(=O)n(C)[nH]c3n2)nc1. The number of methoxy groups -OCH3 is 1. The van der Waals surface area contributed by atoms with Gasteiger partial charge in [-0.25, -0.2) is 14.8 Å². The lowest BCUT2D eigenvalue weighted by Crippen LogP contribution is -2.12. The molecule has 0 radical (unpaired) electrons. The number of ether oxygens (including phenoxy) is 1. The maximum atomic E-state index is 12.9. The number of aromatic nitrogens is 7. The van der Waals surface area contributed by atoms with Crippen molar-refractivity contribution in [3.8, 4) is 17.1 Å². The molecule has 3 N–H and O–H groups in total. The minimum Gasteiger partial charge on any atom is -0.494 e. The van der Waals surface area contributed by atoms with Crippen molar-refractivity contribution in [3.63, 3.8) is 0 Å². The Balaban J connectivity index is 1.59. The van der Waals surface area contributed by atoms with E-state index < -0.39 is 0 Å². The maximum Gasteiger partial charge on any atom is 0.277 e. The fourth-order valence-corrected chi connectivity index (χ4v) is 3.68. The number of hydrogen-bond acceptors (Lipinski definition) is 8. The van der Waals surface area contributed by atoms with E-state index in [4.69, 9.17) is 11.3 Å². The first-order valence-corrected chi connectivity index (χ1v) is 10.5. The van der Waals surface area contributed by atoms with Crippen molar-refractivity contribution in [3.05, 3.63) is 70.7 Å². The molecule has 0 aliphatic carbocycles. The largest absolute Gasteiger partial charge is 0.494 e. The summed E-state index contributed by atoms with van der Waals surface area (Å²) in [6.07, 6.45) is 3.08. The number of hydrogen-bond donors (Lipinski definition) is 3. The molecule has 4 aromatic heterocycles. The molecule has 1 aromatic carbocycles. The molecule has 0 amide bonds. The fraction of sp³-hybridized carbons (Fsp3) is 0.130. The summed E-state index contributed by atoms with van der Waals surface area (Å²) in [4.78, 5) is 29.3. The van der Waals surface area contributed by atoms with Gasteiger partial charge in [0.25, 0.3) is 5.56 Å². The van der Waals surface area contributed by atoms with Gasteiger partial charge >= 0.3 is 0 Å². The second kappa shape index (κ2) is 8.64. The van der Waals surface area contributed by atoms with Gasteiger partial charge in [-0.05, 0) is 18.2 Å². The summed E-state index contributed by atoms with van der Waals surface area (Å²) < 4.78 is 8.67. The van der Waals surface area contributed by atoms with E-state index >= 15 is 0 Å². The minimum absolute atomic E-state index is 0.234. The Morgan fingerprint density at radius 3 is 2.63 bits per heavy atom. The molecule has 0 aliphatic rings. The highest BCUT2D eigenvalue weighted by molar-refractivity contribution is 5.94. The van der Waals surface area contributed by atoms with Crippen molar-refractivity contribution in [2.75, 3.05) is 17.7 Å². The summed E-state index contributed by atoms with van der Waals surface area (Å²) in [5, 5.41) is 14.2. The highest BCUT2D eigenvalue weighted by atomic mass is 16.5. The first kappa shape index (κ1) is 21.7. The molecule has 12 heteroatoms.